The van der Waals surface area contributed by atoms with Crippen molar-refractivity contribution in [3.63, 3.8) is 0 Å². The van der Waals surface area contributed by atoms with Crippen LogP contribution in [0.4, 0.5) is 9.93 Å². The number of hydrogen-bond acceptors (Lipinski definition) is 8. The van der Waals surface area contributed by atoms with Gasteiger partial charge in [0.1, 0.15) is 6.04 Å². The van der Waals surface area contributed by atoms with Crippen LogP contribution in [0.5, 0.6) is 0 Å². The van der Waals surface area contributed by atoms with E-state index in [-0.39, 0.29) is 12.5 Å². The third-order valence-corrected chi connectivity index (χ3v) is 5.99. The molecule has 11 nitrogen and oxygen atoms in total. The molecular formula is C13H17N5O6S2. The molecule has 2 bridgehead atoms. The van der Waals surface area contributed by atoms with E-state index in [4.69, 9.17) is 4.55 Å². The molecule has 0 saturated carbocycles. The van der Waals surface area contributed by atoms with Gasteiger partial charge in [-0.3, -0.25) is 9.35 Å². The maximum Gasteiger partial charge on any atom is 0.418 e. The van der Waals surface area contributed by atoms with Crippen LogP contribution in [0.3, 0.4) is 0 Å². The van der Waals surface area contributed by atoms with Gasteiger partial charge in [0.2, 0.25) is 5.91 Å². The molecule has 2 fully saturated rings. The van der Waals surface area contributed by atoms with E-state index in [0.29, 0.717) is 23.0 Å². The van der Waals surface area contributed by atoms with Crippen LogP contribution >= 0.6 is 11.3 Å². The summed E-state index contributed by atoms with van der Waals surface area (Å²) in [5, 5.41) is 7.10. The maximum atomic E-state index is 12.6. The molecular weight excluding hydrogens is 386 g/mol. The highest BCUT2D eigenvalue weighted by atomic mass is 32.3. The first-order chi connectivity index (χ1) is 12.3. The maximum absolute atomic E-state index is 12.6. The van der Waals surface area contributed by atoms with Gasteiger partial charge in [0.05, 0.1) is 11.7 Å². The van der Waals surface area contributed by atoms with Crippen LogP contribution < -0.4 is 10.6 Å². The van der Waals surface area contributed by atoms with Gasteiger partial charge in [0, 0.05) is 30.9 Å². The molecule has 3 aliphatic rings. The molecule has 2 atom stereocenters. The minimum atomic E-state index is -4.80. The molecule has 1 aromatic heterocycles. The largest absolute Gasteiger partial charge is 0.418 e. The lowest BCUT2D eigenvalue weighted by Gasteiger charge is -2.28. The summed E-state index contributed by atoms with van der Waals surface area (Å²) in [4.78, 5) is 31.7. The highest BCUT2D eigenvalue weighted by Gasteiger charge is 2.49. The van der Waals surface area contributed by atoms with Crippen LogP contribution in [0.2, 0.25) is 0 Å². The molecule has 3 amide bonds. The Morgan fingerprint density at radius 2 is 2.23 bits per heavy atom. The second-order valence-electron chi connectivity index (χ2n) is 6.31. The van der Waals surface area contributed by atoms with Gasteiger partial charge in [-0.15, -0.1) is 15.6 Å². The van der Waals surface area contributed by atoms with E-state index in [9.17, 15) is 18.0 Å². The Balaban J connectivity index is 1.46. The number of thiazole rings is 1. The van der Waals surface area contributed by atoms with Crippen molar-refractivity contribution < 1.29 is 26.8 Å². The van der Waals surface area contributed by atoms with Gasteiger partial charge >= 0.3 is 16.4 Å². The first-order valence-electron chi connectivity index (χ1n) is 8.09. The molecule has 142 valence electrons. The summed E-state index contributed by atoms with van der Waals surface area (Å²) in [5.41, 5.74) is 0.970. The number of carbonyl (C=O) groups excluding carboxylic acids is 2. The van der Waals surface area contributed by atoms with Crippen molar-refractivity contribution in [3.05, 3.63) is 10.6 Å². The molecule has 0 spiro atoms. The lowest BCUT2D eigenvalue weighted by atomic mass is 10.0. The molecule has 1 aromatic rings. The Bertz CT molecular complexity index is 832. The van der Waals surface area contributed by atoms with Crippen molar-refractivity contribution in [2.45, 2.75) is 37.9 Å². The van der Waals surface area contributed by atoms with Gasteiger partial charge in [-0.2, -0.15) is 13.5 Å². The fourth-order valence-corrected chi connectivity index (χ4v) is 4.84. The van der Waals surface area contributed by atoms with Crippen LogP contribution in [0.25, 0.3) is 0 Å². The van der Waals surface area contributed by atoms with Gasteiger partial charge in [0.25, 0.3) is 0 Å². The summed E-state index contributed by atoms with van der Waals surface area (Å²) >= 11 is 1.40. The highest BCUT2D eigenvalue weighted by Crippen LogP contribution is 2.32. The van der Waals surface area contributed by atoms with Gasteiger partial charge in [-0.05, 0) is 12.8 Å². The quantitative estimate of drug-likeness (QED) is 0.584. The van der Waals surface area contributed by atoms with Crippen molar-refractivity contribution >= 4 is 38.8 Å². The highest BCUT2D eigenvalue weighted by molar-refractivity contribution is 7.80. The minimum absolute atomic E-state index is 0.157. The molecule has 0 radical (unpaired) electrons. The van der Waals surface area contributed by atoms with E-state index in [1.807, 2.05) is 0 Å². The van der Waals surface area contributed by atoms with E-state index < -0.39 is 28.5 Å². The molecule has 13 heteroatoms. The van der Waals surface area contributed by atoms with Crippen molar-refractivity contribution in [2.24, 2.45) is 0 Å². The molecule has 3 N–H and O–H groups in total. The molecule has 2 saturated heterocycles. The number of anilines is 1. The summed E-state index contributed by atoms with van der Waals surface area (Å²) in [7, 11) is -4.80. The topological polar surface area (TPSA) is 141 Å². The number of fused-ring (bicyclic) bond motifs is 3. The second kappa shape index (κ2) is 6.42. The van der Waals surface area contributed by atoms with Crippen molar-refractivity contribution in [2.75, 3.05) is 18.4 Å². The Kier molecular flexibility index (Phi) is 4.35. The van der Waals surface area contributed by atoms with E-state index in [1.54, 1.807) is 0 Å². The SMILES string of the molecule is O=C(Nc1nc2c(s1)CNCC2)[C@@H]1CC[C@@H]2CN1C(=O)N2OS(=O)(=O)O. The summed E-state index contributed by atoms with van der Waals surface area (Å²) in [6.45, 7) is 1.73. The monoisotopic (exact) mass is 403 g/mol. The second-order valence-corrected chi connectivity index (χ2v) is 8.40. The van der Waals surface area contributed by atoms with Crippen LogP contribution in [-0.2, 0) is 32.4 Å². The van der Waals surface area contributed by atoms with Gasteiger partial charge in [-0.1, -0.05) is 0 Å². The Morgan fingerprint density at radius 1 is 1.42 bits per heavy atom. The number of hydroxylamine groups is 2. The first-order valence-corrected chi connectivity index (χ1v) is 10.3. The zero-order valence-corrected chi connectivity index (χ0v) is 15.2. The van der Waals surface area contributed by atoms with Gasteiger partial charge in [0.15, 0.2) is 5.13 Å². The molecule has 3 aliphatic heterocycles. The minimum Gasteiger partial charge on any atom is -0.311 e. The van der Waals surface area contributed by atoms with E-state index in [2.05, 4.69) is 19.9 Å². The number of nitrogens with one attached hydrogen (secondary N) is 2. The molecule has 0 aliphatic carbocycles. The number of aromatic nitrogens is 1. The Hall–Kier alpha value is -1.80. The number of piperidine rings is 1. The normalized spacial score (nSPS) is 25.3. The Labute approximate surface area is 153 Å². The lowest BCUT2D eigenvalue weighted by molar-refractivity contribution is -0.120. The predicted octanol–water partition coefficient (Wildman–Crippen LogP) is -0.270. The zero-order chi connectivity index (χ0) is 18.5. The van der Waals surface area contributed by atoms with Crippen molar-refractivity contribution in [1.29, 1.82) is 0 Å². The van der Waals surface area contributed by atoms with E-state index >= 15 is 0 Å². The number of hydrogen-bond donors (Lipinski definition) is 3. The zero-order valence-electron chi connectivity index (χ0n) is 13.5. The van der Waals surface area contributed by atoms with E-state index in [1.165, 1.54) is 16.2 Å². The summed E-state index contributed by atoms with van der Waals surface area (Å²) in [5.74, 6) is -0.371. The lowest BCUT2D eigenvalue weighted by Crippen LogP contribution is -2.47. The third kappa shape index (κ3) is 3.27. The molecule has 4 rings (SSSR count). The summed E-state index contributed by atoms with van der Waals surface area (Å²) in [6.07, 6.45) is 1.55. The van der Waals surface area contributed by atoms with Gasteiger partial charge in [-0.25, -0.2) is 9.78 Å². The van der Waals surface area contributed by atoms with Crippen LogP contribution in [0.15, 0.2) is 0 Å². The van der Waals surface area contributed by atoms with Crippen molar-refractivity contribution in [3.8, 4) is 0 Å². The summed E-state index contributed by atoms with van der Waals surface area (Å²) < 4.78 is 35.0. The fraction of sp³-hybridized carbons (Fsp3) is 0.615. The van der Waals surface area contributed by atoms with Crippen LogP contribution in [0.1, 0.15) is 23.4 Å². The van der Waals surface area contributed by atoms with E-state index in [0.717, 1.165) is 30.1 Å². The molecule has 0 unspecified atom stereocenters. The molecule has 26 heavy (non-hydrogen) atoms. The number of amides is 3. The summed E-state index contributed by atoms with van der Waals surface area (Å²) in [6, 6.07) is -2.02. The Morgan fingerprint density at radius 3 is 2.96 bits per heavy atom. The number of urea groups is 1. The standard InChI is InChI=1S/C13H17N5O6S2/c19-11(16-12-15-8-3-4-14-5-10(8)25-12)9-2-1-7-6-17(9)13(20)18(7)24-26(21,22)23/h7,9,14H,1-6H2,(H,15,16,19)(H,21,22,23)/t7-,9+/m1/s1. The average Bonchev–Trinajstić information content (AvgIpc) is 3.08. The first kappa shape index (κ1) is 17.6. The van der Waals surface area contributed by atoms with Crippen molar-refractivity contribution in [1.82, 2.24) is 20.3 Å². The molecule has 4 heterocycles. The van der Waals surface area contributed by atoms with Crippen LogP contribution in [0, 0.1) is 0 Å². The van der Waals surface area contributed by atoms with Gasteiger partial charge < -0.3 is 15.5 Å². The number of rotatable bonds is 4. The van der Waals surface area contributed by atoms with Crippen LogP contribution in [-0.4, -0.2) is 65.0 Å². The fourth-order valence-electron chi connectivity index (χ4n) is 3.47. The third-order valence-electron chi connectivity index (χ3n) is 4.63. The smallest absolute Gasteiger partial charge is 0.311 e. The predicted molar refractivity (Wildman–Crippen MR) is 89.5 cm³/mol. The molecule has 0 aromatic carbocycles. The number of nitrogens with zero attached hydrogens (tertiary/aromatic N) is 3. The number of carbonyl (C=O) groups is 2. The average molecular weight is 403 g/mol.